The molecule has 0 saturated carbocycles. The Morgan fingerprint density at radius 3 is 2.29 bits per heavy atom. The Hall–Kier alpha value is -0.120. The van der Waals surface area contributed by atoms with Crippen LogP contribution in [0.15, 0.2) is 0 Å². The van der Waals surface area contributed by atoms with E-state index in [0.29, 0.717) is 12.0 Å². The van der Waals surface area contributed by atoms with Gasteiger partial charge in [0.2, 0.25) is 0 Å². The van der Waals surface area contributed by atoms with E-state index in [1.54, 1.807) is 0 Å². The SMILES string of the molecule is CC(C)C1NCCOC12CC(C)(C)OC2(C)C. The van der Waals surface area contributed by atoms with Gasteiger partial charge in [-0.15, -0.1) is 0 Å². The van der Waals surface area contributed by atoms with Gasteiger partial charge in [0.05, 0.1) is 17.8 Å². The Labute approximate surface area is 105 Å². The summed E-state index contributed by atoms with van der Waals surface area (Å²) in [5.74, 6) is 0.548. The van der Waals surface area contributed by atoms with E-state index in [0.717, 1.165) is 19.6 Å². The lowest BCUT2D eigenvalue weighted by atomic mass is 9.72. The first kappa shape index (κ1) is 13.3. The molecule has 1 N–H and O–H groups in total. The van der Waals surface area contributed by atoms with E-state index < -0.39 is 0 Å². The molecule has 2 atom stereocenters. The molecule has 0 amide bonds. The largest absolute Gasteiger partial charge is 0.369 e. The van der Waals surface area contributed by atoms with Crippen LogP contribution in [-0.2, 0) is 9.47 Å². The second kappa shape index (κ2) is 3.94. The molecule has 3 nitrogen and oxygen atoms in total. The standard InChI is InChI=1S/C14H27NO2/c1-10(2)11-14(16-8-7-15-11)9-12(3,4)17-13(14,5)6/h10-11,15H,7-9H2,1-6H3. The van der Waals surface area contributed by atoms with E-state index in [4.69, 9.17) is 9.47 Å². The first-order chi connectivity index (χ1) is 7.70. The van der Waals surface area contributed by atoms with Crippen LogP contribution in [0.1, 0.15) is 48.0 Å². The van der Waals surface area contributed by atoms with Gasteiger partial charge in [-0.2, -0.15) is 0 Å². The van der Waals surface area contributed by atoms with Crippen molar-refractivity contribution in [3.63, 3.8) is 0 Å². The molecule has 0 aromatic heterocycles. The van der Waals surface area contributed by atoms with Crippen molar-refractivity contribution in [1.29, 1.82) is 0 Å². The summed E-state index contributed by atoms with van der Waals surface area (Å²) in [7, 11) is 0. The minimum absolute atomic E-state index is 0.102. The maximum Gasteiger partial charge on any atom is 0.115 e. The van der Waals surface area contributed by atoms with E-state index in [-0.39, 0.29) is 16.8 Å². The van der Waals surface area contributed by atoms with Gasteiger partial charge in [0.15, 0.2) is 0 Å². The first-order valence-electron chi connectivity index (χ1n) is 6.78. The minimum atomic E-state index is -0.237. The Bertz CT molecular complexity index is 299. The lowest BCUT2D eigenvalue weighted by Gasteiger charge is -2.50. The lowest BCUT2D eigenvalue weighted by molar-refractivity contribution is -0.185. The van der Waals surface area contributed by atoms with Crippen LogP contribution in [0.4, 0.5) is 0 Å². The molecule has 2 aliphatic rings. The summed E-state index contributed by atoms with van der Waals surface area (Å²) in [6.07, 6.45) is 0.961. The second-order valence-electron chi connectivity index (χ2n) is 6.96. The van der Waals surface area contributed by atoms with Crippen LogP contribution < -0.4 is 5.32 Å². The summed E-state index contributed by atoms with van der Waals surface area (Å²) in [5.41, 5.74) is -0.530. The zero-order valence-corrected chi connectivity index (χ0v) is 12.1. The fraction of sp³-hybridized carbons (Fsp3) is 1.00. The molecule has 0 aromatic carbocycles. The van der Waals surface area contributed by atoms with Crippen LogP contribution >= 0.6 is 0 Å². The molecule has 2 unspecified atom stereocenters. The fourth-order valence-corrected chi connectivity index (χ4v) is 3.84. The second-order valence-corrected chi connectivity index (χ2v) is 6.96. The topological polar surface area (TPSA) is 30.5 Å². The summed E-state index contributed by atoms with van der Waals surface area (Å²) in [4.78, 5) is 0. The van der Waals surface area contributed by atoms with Crippen molar-refractivity contribution >= 4 is 0 Å². The van der Waals surface area contributed by atoms with Gasteiger partial charge in [-0.25, -0.2) is 0 Å². The fourth-order valence-electron chi connectivity index (χ4n) is 3.84. The molecule has 3 heteroatoms. The number of ether oxygens (including phenoxy) is 2. The molecular formula is C14H27NO2. The molecule has 2 aliphatic heterocycles. The Kier molecular flexibility index (Phi) is 3.08. The van der Waals surface area contributed by atoms with Crippen LogP contribution in [0.2, 0.25) is 0 Å². The van der Waals surface area contributed by atoms with E-state index in [2.05, 4.69) is 46.9 Å². The minimum Gasteiger partial charge on any atom is -0.369 e. The van der Waals surface area contributed by atoms with Crippen molar-refractivity contribution in [1.82, 2.24) is 5.32 Å². The van der Waals surface area contributed by atoms with Crippen LogP contribution in [0.3, 0.4) is 0 Å². The summed E-state index contributed by atoms with van der Waals surface area (Å²) >= 11 is 0. The molecule has 17 heavy (non-hydrogen) atoms. The summed E-state index contributed by atoms with van der Waals surface area (Å²) in [6.45, 7) is 14.9. The molecule has 1 spiro atoms. The Morgan fingerprint density at radius 1 is 1.18 bits per heavy atom. The third-order valence-corrected chi connectivity index (χ3v) is 4.23. The third-order valence-electron chi connectivity index (χ3n) is 4.23. The van der Waals surface area contributed by atoms with Gasteiger partial charge in [0, 0.05) is 19.0 Å². The van der Waals surface area contributed by atoms with Crippen molar-refractivity contribution in [3.05, 3.63) is 0 Å². The van der Waals surface area contributed by atoms with Gasteiger partial charge in [0.1, 0.15) is 5.60 Å². The summed E-state index contributed by atoms with van der Waals surface area (Å²) in [6, 6.07) is 0.369. The van der Waals surface area contributed by atoms with Gasteiger partial charge >= 0.3 is 0 Å². The maximum absolute atomic E-state index is 6.26. The monoisotopic (exact) mass is 241 g/mol. The van der Waals surface area contributed by atoms with Crippen molar-refractivity contribution in [2.24, 2.45) is 5.92 Å². The lowest BCUT2D eigenvalue weighted by Crippen LogP contribution is -2.67. The van der Waals surface area contributed by atoms with E-state index in [1.807, 2.05) is 0 Å². The van der Waals surface area contributed by atoms with E-state index >= 15 is 0 Å². The number of nitrogens with one attached hydrogen (secondary N) is 1. The zero-order valence-electron chi connectivity index (χ0n) is 12.1. The van der Waals surface area contributed by atoms with Gasteiger partial charge in [-0.05, 0) is 33.6 Å². The normalized spacial score (nSPS) is 40.1. The smallest absolute Gasteiger partial charge is 0.115 e. The predicted octanol–water partition coefficient (Wildman–Crippen LogP) is 2.35. The number of hydrogen-bond donors (Lipinski definition) is 1. The average molecular weight is 241 g/mol. The van der Waals surface area contributed by atoms with E-state index in [9.17, 15) is 0 Å². The van der Waals surface area contributed by atoms with E-state index in [1.165, 1.54) is 0 Å². The molecule has 2 saturated heterocycles. The van der Waals surface area contributed by atoms with Crippen LogP contribution in [0.25, 0.3) is 0 Å². The molecule has 0 aromatic rings. The van der Waals surface area contributed by atoms with Crippen LogP contribution in [-0.4, -0.2) is 36.0 Å². The third kappa shape index (κ3) is 2.02. The van der Waals surface area contributed by atoms with Crippen molar-refractivity contribution in [3.8, 4) is 0 Å². The Morgan fingerprint density at radius 2 is 1.82 bits per heavy atom. The maximum atomic E-state index is 6.26. The number of rotatable bonds is 1. The van der Waals surface area contributed by atoms with Gasteiger partial charge in [-0.3, -0.25) is 0 Å². The molecule has 2 fully saturated rings. The van der Waals surface area contributed by atoms with Crippen LogP contribution in [0.5, 0.6) is 0 Å². The van der Waals surface area contributed by atoms with Gasteiger partial charge in [0.25, 0.3) is 0 Å². The molecule has 0 radical (unpaired) electrons. The molecule has 0 aliphatic carbocycles. The van der Waals surface area contributed by atoms with Gasteiger partial charge in [-0.1, -0.05) is 13.8 Å². The summed E-state index contributed by atoms with van der Waals surface area (Å²) < 4.78 is 12.5. The highest BCUT2D eigenvalue weighted by Crippen LogP contribution is 2.51. The molecule has 2 heterocycles. The van der Waals surface area contributed by atoms with Crippen molar-refractivity contribution < 1.29 is 9.47 Å². The Balaban J connectivity index is 2.37. The number of morpholine rings is 1. The molecule has 100 valence electrons. The van der Waals surface area contributed by atoms with Crippen molar-refractivity contribution in [2.45, 2.75) is 70.8 Å². The van der Waals surface area contributed by atoms with Crippen LogP contribution in [0, 0.1) is 5.92 Å². The average Bonchev–Trinajstić information content (AvgIpc) is 2.31. The highest BCUT2D eigenvalue weighted by molar-refractivity contribution is 5.14. The molecule has 0 bridgehead atoms. The highest BCUT2D eigenvalue weighted by atomic mass is 16.6. The molecular weight excluding hydrogens is 214 g/mol. The quantitative estimate of drug-likeness (QED) is 0.764. The van der Waals surface area contributed by atoms with Crippen molar-refractivity contribution in [2.75, 3.05) is 13.2 Å². The predicted molar refractivity (Wildman–Crippen MR) is 69.2 cm³/mol. The first-order valence-corrected chi connectivity index (χ1v) is 6.78. The van der Waals surface area contributed by atoms with Gasteiger partial charge < -0.3 is 14.8 Å². The number of hydrogen-bond acceptors (Lipinski definition) is 3. The summed E-state index contributed by atoms with van der Waals surface area (Å²) in [5, 5.41) is 3.64. The molecule has 2 rings (SSSR count). The highest BCUT2D eigenvalue weighted by Gasteiger charge is 2.63. The zero-order chi connectivity index (χ0) is 12.9.